The third-order valence-corrected chi connectivity index (χ3v) is 5.16. The van der Waals surface area contributed by atoms with Gasteiger partial charge in [0.25, 0.3) is 0 Å². The van der Waals surface area contributed by atoms with Crippen LogP contribution in [0.2, 0.25) is 0 Å². The van der Waals surface area contributed by atoms with E-state index in [4.69, 9.17) is 0 Å². The Morgan fingerprint density at radius 1 is 1.08 bits per heavy atom. The number of hydrogen-bond donors (Lipinski definition) is 1. The predicted molar refractivity (Wildman–Crippen MR) is 105 cm³/mol. The zero-order valence-electron chi connectivity index (χ0n) is 13.9. The molecule has 0 fully saturated rings. The van der Waals surface area contributed by atoms with Crippen LogP contribution in [-0.4, -0.2) is 19.7 Å². The fourth-order valence-corrected chi connectivity index (χ4v) is 3.61. The predicted octanol–water partition coefficient (Wildman–Crippen LogP) is 3.28. The molecular formula is C19H17N3O2S2. The number of hydrogen-bond acceptors (Lipinski definition) is 5. The van der Waals surface area contributed by atoms with E-state index in [1.807, 2.05) is 60.0 Å². The van der Waals surface area contributed by atoms with Crippen LogP contribution < -0.4 is 5.32 Å². The number of amides is 1. The Morgan fingerprint density at radius 2 is 1.85 bits per heavy atom. The fourth-order valence-electron chi connectivity index (χ4n) is 2.26. The standard InChI is InChI=1S/C19H17N3O2S2/c23-19(10-11-26(24)14-16-4-2-1-3-5-16)20-12-15-6-8-17(9-7-15)18-13-25-22-21-18/h1-11,13H,12,14H2,(H,20,23)/b11-10+. The van der Waals surface area contributed by atoms with Gasteiger partial charge in [-0.15, -0.1) is 5.10 Å². The highest BCUT2D eigenvalue weighted by atomic mass is 32.2. The summed E-state index contributed by atoms with van der Waals surface area (Å²) in [4.78, 5) is 11.9. The van der Waals surface area contributed by atoms with Crippen molar-refractivity contribution in [3.63, 3.8) is 0 Å². The summed E-state index contributed by atoms with van der Waals surface area (Å²) in [6, 6.07) is 17.3. The van der Waals surface area contributed by atoms with E-state index in [1.54, 1.807) is 0 Å². The van der Waals surface area contributed by atoms with Gasteiger partial charge in [0.2, 0.25) is 5.91 Å². The van der Waals surface area contributed by atoms with Crippen LogP contribution in [0.4, 0.5) is 0 Å². The molecule has 1 unspecified atom stereocenters. The van der Waals surface area contributed by atoms with Crippen LogP contribution >= 0.6 is 11.5 Å². The van der Waals surface area contributed by atoms with E-state index in [-0.39, 0.29) is 5.91 Å². The van der Waals surface area contributed by atoms with Gasteiger partial charge in [0.05, 0.1) is 16.6 Å². The molecule has 0 aliphatic rings. The lowest BCUT2D eigenvalue weighted by atomic mass is 10.1. The van der Waals surface area contributed by atoms with Gasteiger partial charge in [-0.25, -0.2) is 0 Å². The minimum Gasteiger partial charge on any atom is -0.348 e. The molecule has 5 nitrogen and oxygen atoms in total. The van der Waals surface area contributed by atoms with Crippen molar-refractivity contribution < 1.29 is 9.00 Å². The fraction of sp³-hybridized carbons (Fsp3) is 0.105. The molecule has 0 saturated carbocycles. The molecule has 1 amide bonds. The molecule has 7 heteroatoms. The maximum Gasteiger partial charge on any atom is 0.244 e. The summed E-state index contributed by atoms with van der Waals surface area (Å²) in [5.74, 6) is 0.136. The zero-order chi connectivity index (χ0) is 18.2. The summed E-state index contributed by atoms with van der Waals surface area (Å²) < 4.78 is 15.8. The highest BCUT2D eigenvalue weighted by Crippen LogP contribution is 2.18. The molecule has 0 bridgehead atoms. The molecule has 1 aromatic heterocycles. The van der Waals surface area contributed by atoms with Gasteiger partial charge < -0.3 is 5.32 Å². The van der Waals surface area contributed by atoms with Crippen LogP contribution in [0.1, 0.15) is 11.1 Å². The lowest BCUT2D eigenvalue weighted by Crippen LogP contribution is -2.20. The molecule has 0 saturated heterocycles. The van der Waals surface area contributed by atoms with Crippen molar-refractivity contribution >= 4 is 28.2 Å². The van der Waals surface area contributed by atoms with Crippen molar-refractivity contribution in [1.82, 2.24) is 14.9 Å². The highest BCUT2D eigenvalue weighted by Gasteiger charge is 2.03. The molecule has 3 rings (SSSR count). The van der Waals surface area contributed by atoms with Gasteiger partial charge in [-0.05, 0) is 22.7 Å². The van der Waals surface area contributed by atoms with Crippen LogP contribution in [0.5, 0.6) is 0 Å². The number of carbonyl (C=O) groups excluding carboxylic acids is 1. The van der Waals surface area contributed by atoms with Crippen molar-refractivity contribution in [1.29, 1.82) is 0 Å². The van der Waals surface area contributed by atoms with Gasteiger partial charge in [-0.1, -0.05) is 59.1 Å². The number of aromatic nitrogens is 2. The van der Waals surface area contributed by atoms with Crippen molar-refractivity contribution in [3.05, 3.63) is 82.6 Å². The smallest absolute Gasteiger partial charge is 0.244 e. The number of rotatable bonds is 7. The molecule has 0 spiro atoms. The van der Waals surface area contributed by atoms with Crippen LogP contribution in [-0.2, 0) is 27.9 Å². The van der Waals surface area contributed by atoms with Crippen molar-refractivity contribution in [2.75, 3.05) is 0 Å². The van der Waals surface area contributed by atoms with Crippen LogP contribution in [0.3, 0.4) is 0 Å². The van der Waals surface area contributed by atoms with Crippen LogP contribution in [0.25, 0.3) is 11.3 Å². The third-order valence-electron chi connectivity index (χ3n) is 3.60. The lowest BCUT2D eigenvalue weighted by molar-refractivity contribution is -0.116. The number of nitrogens with one attached hydrogen (secondary N) is 1. The number of nitrogens with zero attached hydrogens (tertiary/aromatic N) is 2. The molecule has 1 heterocycles. The second-order valence-corrected chi connectivity index (χ2v) is 7.45. The van der Waals surface area contributed by atoms with E-state index in [9.17, 15) is 9.00 Å². The molecule has 2 aromatic carbocycles. The van der Waals surface area contributed by atoms with E-state index < -0.39 is 10.8 Å². The normalized spacial score (nSPS) is 12.2. The average molecular weight is 383 g/mol. The van der Waals surface area contributed by atoms with Crippen molar-refractivity contribution in [2.24, 2.45) is 0 Å². The summed E-state index contributed by atoms with van der Waals surface area (Å²) in [7, 11) is -1.21. The summed E-state index contributed by atoms with van der Waals surface area (Å²) >= 11 is 1.31. The summed E-state index contributed by atoms with van der Waals surface area (Å²) in [5.41, 5.74) is 3.79. The maximum absolute atomic E-state index is 12.0. The van der Waals surface area contributed by atoms with Crippen molar-refractivity contribution in [2.45, 2.75) is 12.3 Å². The van der Waals surface area contributed by atoms with E-state index in [2.05, 4.69) is 14.9 Å². The molecule has 0 aliphatic carbocycles. The van der Waals surface area contributed by atoms with Gasteiger partial charge in [-0.3, -0.25) is 9.00 Å². The van der Waals surface area contributed by atoms with E-state index >= 15 is 0 Å². The Hall–Kier alpha value is -2.64. The quantitative estimate of drug-likeness (QED) is 0.636. The first-order chi connectivity index (χ1) is 12.7. The minimum atomic E-state index is -1.21. The number of benzene rings is 2. The summed E-state index contributed by atoms with van der Waals surface area (Å²) in [6.07, 6.45) is 1.33. The summed E-state index contributed by atoms with van der Waals surface area (Å²) in [5, 5.41) is 10.1. The van der Waals surface area contributed by atoms with Gasteiger partial charge in [0.1, 0.15) is 5.69 Å². The molecule has 132 valence electrons. The first-order valence-electron chi connectivity index (χ1n) is 7.94. The Balaban J connectivity index is 1.47. The first kappa shape index (κ1) is 18.2. The van der Waals surface area contributed by atoms with Crippen molar-refractivity contribution in [3.8, 4) is 11.3 Å². The number of carbonyl (C=O) groups is 1. The second-order valence-electron chi connectivity index (χ2n) is 5.52. The van der Waals surface area contributed by atoms with Gasteiger partial charge >= 0.3 is 0 Å². The molecule has 0 aliphatic heterocycles. The van der Waals surface area contributed by atoms with E-state index in [1.165, 1.54) is 23.0 Å². The molecular weight excluding hydrogens is 366 g/mol. The lowest BCUT2D eigenvalue weighted by Gasteiger charge is -2.04. The van der Waals surface area contributed by atoms with E-state index in [0.717, 1.165) is 22.4 Å². The molecule has 3 aromatic rings. The monoisotopic (exact) mass is 383 g/mol. The molecule has 1 atom stereocenters. The van der Waals surface area contributed by atoms with Gasteiger partial charge in [0.15, 0.2) is 0 Å². The Bertz CT molecular complexity index is 892. The Morgan fingerprint density at radius 3 is 2.54 bits per heavy atom. The topological polar surface area (TPSA) is 72.0 Å². The highest BCUT2D eigenvalue weighted by molar-refractivity contribution is 7.87. The van der Waals surface area contributed by atoms with Crippen LogP contribution in [0, 0.1) is 0 Å². The summed E-state index contributed by atoms with van der Waals surface area (Å²) in [6.45, 7) is 0.407. The zero-order valence-corrected chi connectivity index (χ0v) is 15.5. The first-order valence-corrected chi connectivity index (χ1v) is 10.2. The molecule has 0 radical (unpaired) electrons. The Labute approximate surface area is 158 Å². The minimum absolute atomic E-state index is 0.265. The van der Waals surface area contributed by atoms with Gasteiger partial charge in [-0.2, -0.15) is 0 Å². The van der Waals surface area contributed by atoms with Crippen LogP contribution in [0.15, 0.2) is 71.5 Å². The maximum atomic E-state index is 12.0. The second kappa shape index (κ2) is 9.17. The van der Waals surface area contributed by atoms with E-state index in [0.29, 0.717) is 12.3 Å². The van der Waals surface area contributed by atoms with Gasteiger partial charge in [0, 0.05) is 29.0 Å². The average Bonchev–Trinajstić information content (AvgIpc) is 3.21. The third kappa shape index (κ3) is 5.44. The molecule has 1 N–H and O–H groups in total. The SMILES string of the molecule is O=C(/C=C/S(=O)Cc1ccccc1)NCc1ccc(-c2csnn2)cc1. The Kier molecular flexibility index (Phi) is 6.40. The molecule has 26 heavy (non-hydrogen) atoms. The largest absolute Gasteiger partial charge is 0.348 e.